The lowest BCUT2D eigenvalue weighted by Gasteiger charge is -2.11. The molecule has 0 saturated heterocycles. The lowest BCUT2D eigenvalue weighted by atomic mass is 10.1. The van der Waals surface area contributed by atoms with Crippen molar-refractivity contribution in [3.63, 3.8) is 0 Å². The van der Waals surface area contributed by atoms with E-state index in [0.29, 0.717) is 5.84 Å². The maximum Gasteiger partial charge on any atom is 0.116 e. The molecule has 0 aliphatic carbocycles. The van der Waals surface area contributed by atoms with Gasteiger partial charge in [0, 0.05) is 6.21 Å². The summed E-state index contributed by atoms with van der Waals surface area (Å²) in [5, 5.41) is 7.06. The third-order valence-corrected chi connectivity index (χ3v) is 1.04. The predicted octanol–water partition coefficient (Wildman–Crippen LogP) is 1.92. The van der Waals surface area contributed by atoms with Crippen LogP contribution in [0.2, 0.25) is 0 Å². The van der Waals surface area contributed by atoms with Gasteiger partial charge < -0.3 is 0 Å². The van der Waals surface area contributed by atoms with E-state index in [1.807, 2.05) is 20.8 Å². The molecule has 11 heavy (non-hydrogen) atoms. The summed E-state index contributed by atoms with van der Waals surface area (Å²) in [6, 6.07) is 0. The Bertz CT molecular complexity index is 190. The molecule has 0 bridgehead atoms. The fourth-order valence-electron chi connectivity index (χ4n) is 0.621. The number of amidine groups is 1. The molecule has 3 heteroatoms. The van der Waals surface area contributed by atoms with Gasteiger partial charge in [-0.05, 0) is 33.9 Å². The molecule has 0 rings (SSSR count). The zero-order chi connectivity index (χ0) is 8.91. The van der Waals surface area contributed by atoms with Crippen LogP contribution in [0.15, 0.2) is 9.98 Å². The first kappa shape index (κ1) is 10.0. The molecule has 0 aromatic carbocycles. The van der Waals surface area contributed by atoms with Crippen molar-refractivity contribution in [2.45, 2.75) is 33.2 Å². The van der Waals surface area contributed by atoms with Crippen LogP contribution in [0.25, 0.3) is 0 Å². The minimum Gasteiger partial charge on any atom is -0.287 e. The summed E-state index contributed by atoms with van der Waals surface area (Å²) in [6.45, 7) is 7.40. The summed E-state index contributed by atoms with van der Waals surface area (Å²) in [5.74, 6) is 0.310. The SMILES string of the molecule is C/C=N\C(C)(C)/C=N\C(C)=N. The summed E-state index contributed by atoms with van der Waals surface area (Å²) in [5.41, 5.74) is -0.281. The highest BCUT2D eigenvalue weighted by atomic mass is 14.9. The molecule has 0 aliphatic rings. The molecule has 0 saturated carbocycles. The van der Waals surface area contributed by atoms with E-state index >= 15 is 0 Å². The lowest BCUT2D eigenvalue weighted by molar-refractivity contribution is 0.721. The average molecular weight is 153 g/mol. The van der Waals surface area contributed by atoms with Crippen LogP contribution in [-0.4, -0.2) is 23.8 Å². The second kappa shape index (κ2) is 4.01. The van der Waals surface area contributed by atoms with Crippen LogP contribution in [0.1, 0.15) is 27.7 Å². The van der Waals surface area contributed by atoms with Crippen molar-refractivity contribution >= 4 is 18.3 Å². The summed E-state index contributed by atoms with van der Waals surface area (Å²) >= 11 is 0. The quantitative estimate of drug-likeness (QED) is 0.465. The van der Waals surface area contributed by atoms with E-state index in [1.165, 1.54) is 0 Å². The molecular weight excluding hydrogens is 138 g/mol. The largest absolute Gasteiger partial charge is 0.287 e. The van der Waals surface area contributed by atoms with Crippen molar-refractivity contribution in [1.82, 2.24) is 0 Å². The second-order valence-corrected chi connectivity index (χ2v) is 2.88. The van der Waals surface area contributed by atoms with E-state index in [0.717, 1.165) is 0 Å². The van der Waals surface area contributed by atoms with E-state index in [1.54, 1.807) is 19.4 Å². The molecule has 0 aromatic rings. The predicted molar refractivity (Wildman–Crippen MR) is 50.1 cm³/mol. The Labute approximate surface area is 67.8 Å². The highest BCUT2D eigenvalue weighted by molar-refractivity contribution is 5.88. The Morgan fingerprint density at radius 2 is 2.00 bits per heavy atom. The first-order chi connectivity index (χ1) is 4.98. The minimum atomic E-state index is -0.281. The maximum absolute atomic E-state index is 7.06. The zero-order valence-electron chi connectivity index (χ0n) is 7.55. The van der Waals surface area contributed by atoms with Gasteiger partial charge in [0.15, 0.2) is 0 Å². The van der Waals surface area contributed by atoms with E-state index in [4.69, 9.17) is 5.41 Å². The highest BCUT2D eigenvalue weighted by Gasteiger charge is 2.09. The van der Waals surface area contributed by atoms with Crippen molar-refractivity contribution in [2.75, 3.05) is 0 Å². The summed E-state index contributed by atoms with van der Waals surface area (Å²) in [6.07, 6.45) is 3.42. The second-order valence-electron chi connectivity index (χ2n) is 2.88. The fraction of sp³-hybridized carbons (Fsp3) is 0.625. The topological polar surface area (TPSA) is 48.6 Å². The smallest absolute Gasteiger partial charge is 0.116 e. The van der Waals surface area contributed by atoms with Crippen molar-refractivity contribution in [2.24, 2.45) is 9.98 Å². The van der Waals surface area contributed by atoms with Gasteiger partial charge in [0.05, 0.1) is 5.54 Å². The van der Waals surface area contributed by atoms with Gasteiger partial charge in [-0.3, -0.25) is 10.4 Å². The number of nitrogens with zero attached hydrogens (tertiary/aromatic N) is 2. The van der Waals surface area contributed by atoms with Gasteiger partial charge >= 0.3 is 0 Å². The third-order valence-electron chi connectivity index (χ3n) is 1.04. The molecule has 0 aliphatic heterocycles. The molecule has 62 valence electrons. The summed E-state index contributed by atoms with van der Waals surface area (Å²) in [7, 11) is 0. The average Bonchev–Trinajstić information content (AvgIpc) is 1.84. The molecule has 3 nitrogen and oxygen atoms in total. The molecule has 0 heterocycles. The van der Waals surface area contributed by atoms with Crippen LogP contribution in [0, 0.1) is 5.41 Å². The lowest BCUT2D eigenvalue weighted by Crippen LogP contribution is -2.18. The zero-order valence-corrected chi connectivity index (χ0v) is 7.55. The van der Waals surface area contributed by atoms with Gasteiger partial charge in [-0.2, -0.15) is 0 Å². The van der Waals surface area contributed by atoms with Gasteiger partial charge in [0.1, 0.15) is 5.84 Å². The van der Waals surface area contributed by atoms with E-state index in [9.17, 15) is 0 Å². The van der Waals surface area contributed by atoms with Gasteiger partial charge in [-0.1, -0.05) is 0 Å². The van der Waals surface area contributed by atoms with E-state index < -0.39 is 0 Å². The van der Waals surface area contributed by atoms with Gasteiger partial charge in [-0.25, -0.2) is 4.99 Å². The van der Waals surface area contributed by atoms with Crippen molar-refractivity contribution in [1.29, 1.82) is 5.41 Å². The first-order valence-corrected chi connectivity index (χ1v) is 3.58. The van der Waals surface area contributed by atoms with Crippen molar-refractivity contribution in [3.05, 3.63) is 0 Å². The fourth-order valence-corrected chi connectivity index (χ4v) is 0.621. The van der Waals surface area contributed by atoms with Crippen LogP contribution in [0.5, 0.6) is 0 Å². The van der Waals surface area contributed by atoms with Crippen molar-refractivity contribution in [3.8, 4) is 0 Å². The van der Waals surface area contributed by atoms with Gasteiger partial charge in [-0.15, -0.1) is 0 Å². The number of hydrogen-bond donors (Lipinski definition) is 1. The summed E-state index contributed by atoms with van der Waals surface area (Å²) in [4.78, 5) is 8.02. The van der Waals surface area contributed by atoms with Crippen LogP contribution in [0.3, 0.4) is 0 Å². The molecule has 0 fully saturated rings. The Hall–Kier alpha value is -0.990. The normalized spacial score (nSPS) is 13.1. The molecule has 0 amide bonds. The minimum absolute atomic E-state index is 0.281. The standard InChI is InChI=1S/C8H15N3/c1-5-11-8(3,4)6-10-7(2)9/h5-6,9H,1-4H3/b9-7?,10-6-,11-5-. The number of nitrogens with one attached hydrogen (secondary N) is 1. The van der Waals surface area contributed by atoms with E-state index in [2.05, 4.69) is 9.98 Å². The van der Waals surface area contributed by atoms with Crippen LogP contribution < -0.4 is 0 Å². The Morgan fingerprint density at radius 1 is 1.45 bits per heavy atom. The van der Waals surface area contributed by atoms with Gasteiger partial charge in [0.2, 0.25) is 0 Å². The molecule has 0 atom stereocenters. The highest BCUT2D eigenvalue weighted by Crippen LogP contribution is 2.03. The van der Waals surface area contributed by atoms with Crippen LogP contribution >= 0.6 is 0 Å². The number of hydrogen-bond acceptors (Lipinski definition) is 2. The molecule has 0 aromatic heterocycles. The van der Waals surface area contributed by atoms with Crippen LogP contribution in [0.4, 0.5) is 0 Å². The maximum atomic E-state index is 7.06. The van der Waals surface area contributed by atoms with Gasteiger partial charge in [0.25, 0.3) is 0 Å². The molecule has 0 spiro atoms. The Morgan fingerprint density at radius 3 is 2.36 bits per heavy atom. The Balaban J connectivity index is 4.22. The van der Waals surface area contributed by atoms with E-state index in [-0.39, 0.29) is 5.54 Å². The Kier molecular flexibility index (Phi) is 3.65. The monoisotopic (exact) mass is 153 g/mol. The molecule has 1 N–H and O–H groups in total. The molecule has 0 radical (unpaired) electrons. The van der Waals surface area contributed by atoms with Crippen LogP contribution in [-0.2, 0) is 0 Å². The number of aliphatic imine (C=N–C) groups is 2. The van der Waals surface area contributed by atoms with Crippen molar-refractivity contribution < 1.29 is 0 Å². The molecule has 0 unspecified atom stereocenters. The number of rotatable bonds is 2. The molecular formula is C8H15N3. The third kappa shape index (κ3) is 5.45. The first-order valence-electron chi connectivity index (χ1n) is 3.58. The summed E-state index contributed by atoms with van der Waals surface area (Å²) < 4.78 is 0.